The molecule has 0 aliphatic rings. The zero-order valence-corrected chi connectivity index (χ0v) is 15.1. The van der Waals surface area contributed by atoms with Crippen LogP contribution < -0.4 is 10.6 Å². The highest BCUT2D eigenvalue weighted by atomic mass is 16.2. The number of hydrogen-bond donors (Lipinski definition) is 2. The van der Waals surface area contributed by atoms with Crippen LogP contribution in [0.25, 0.3) is 0 Å². The highest BCUT2D eigenvalue weighted by molar-refractivity contribution is 5.82. The second-order valence-electron chi connectivity index (χ2n) is 6.12. The lowest BCUT2D eigenvalue weighted by Gasteiger charge is -2.24. The van der Waals surface area contributed by atoms with Crippen LogP contribution in [0, 0.1) is 0 Å². The topological polar surface area (TPSA) is 64.7 Å². The van der Waals surface area contributed by atoms with Crippen molar-refractivity contribution in [3.63, 3.8) is 0 Å². The molecule has 0 heterocycles. The summed E-state index contributed by atoms with van der Waals surface area (Å²) in [5, 5.41) is 5.79. The first-order valence-electron chi connectivity index (χ1n) is 8.23. The molecular formula is C16H34N4O2. The van der Waals surface area contributed by atoms with Gasteiger partial charge in [0, 0.05) is 13.1 Å². The molecule has 0 aromatic rings. The number of rotatable bonds is 11. The first-order chi connectivity index (χ1) is 10.3. The Balaban J connectivity index is 4.14. The van der Waals surface area contributed by atoms with E-state index < -0.39 is 0 Å². The summed E-state index contributed by atoms with van der Waals surface area (Å²) in [4.78, 5) is 28.0. The van der Waals surface area contributed by atoms with E-state index in [2.05, 4.69) is 24.5 Å². The van der Waals surface area contributed by atoms with Crippen LogP contribution in [0.5, 0.6) is 0 Å². The van der Waals surface area contributed by atoms with E-state index >= 15 is 0 Å². The molecule has 6 nitrogen and oxygen atoms in total. The number of nitrogens with zero attached hydrogens (tertiary/aromatic N) is 2. The van der Waals surface area contributed by atoms with E-state index in [9.17, 15) is 9.59 Å². The lowest BCUT2D eigenvalue weighted by Crippen LogP contribution is -2.48. The summed E-state index contributed by atoms with van der Waals surface area (Å²) in [6.07, 6.45) is 3.61. The highest BCUT2D eigenvalue weighted by Crippen LogP contribution is 2.03. The van der Waals surface area contributed by atoms with Crippen molar-refractivity contribution in [3.8, 4) is 0 Å². The Morgan fingerprint density at radius 2 is 1.09 bits per heavy atom. The Hall–Kier alpha value is -1.14. The van der Waals surface area contributed by atoms with Crippen molar-refractivity contribution in [2.75, 3.05) is 41.3 Å². The van der Waals surface area contributed by atoms with Crippen molar-refractivity contribution in [2.45, 2.75) is 51.6 Å². The number of likely N-dealkylation sites (N-methyl/N-ethyl adjacent to an activating group) is 2. The summed E-state index contributed by atoms with van der Waals surface area (Å²) in [6, 6.07) is -0.203. The van der Waals surface area contributed by atoms with Crippen LogP contribution in [-0.2, 0) is 9.59 Å². The third-order valence-electron chi connectivity index (χ3n) is 3.70. The minimum absolute atomic E-state index is 0.0267. The summed E-state index contributed by atoms with van der Waals surface area (Å²) in [5.74, 6) is 0.0534. The van der Waals surface area contributed by atoms with Gasteiger partial charge in [0.2, 0.25) is 11.8 Å². The zero-order chi connectivity index (χ0) is 17.1. The maximum atomic E-state index is 12.1. The third kappa shape index (κ3) is 7.75. The highest BCUT2D eigenvalue weighted by Gasteiger charge is 2.20. The normalized spacial score (nSPS) is 14.0. The van der Waals surface area contributed by atoms with Gasteiger partial charge in [-0.1, -0.05) is 26.7 Å². The van der Waals surface area contributed by atoms with Crippen LogP contribution >= 0.6 is 0 Å². The minimum atomic E-state index is -0.102. The molecule has 0 saturated heterocycles. The van der Waals surface area contributed by atoms with Gasteiger partial charge < -0.3 is 10.6 Å². The molecule has 0 aromatic heterocycles. The standard InChI is InChI=1S/C16H34N4O2/c1-7-9-13(19(3)4)15(21)17-11-12-18-16(22)14(10-8-2)20(5)6/h13-14H,7-12H2,1-6H3,(H,17,21)(H,18,22)/t13-,14+. The summed E-state index contributed by atoms with van der Waals surface area (Å²) < 4.78 is 0. The summed E-state index contributed by atoms with van der Waals surface area (Å²) in [5.41, 5.74) is 0. The van der Waals surface area contributed by atoms with Crippen molar-refractivity contribution in [1.82, 2.24) is 20.4 Å². The summed E-state index contributed by atoms with van der Waals surface area (Å²) in [6.45, 7) is 5.06. The molecule has 0 fully saturated rings. The van der Waals surface area contributed by atoms with Gasteiger partial charge in [0.15, 0.2) is 0 Å². The maximum absolute atomic E-state index is 12.1. The molecular weight excluding hydrogens is 280 g/mol. The minimum Gasteiger partial charge on any atom is -0.353 e. The van der Waals surface area contributed by atoms with E-state index in [0.717, 1.165) is 25.7 Å². The first kappa shape index (κ1) is 20.9. The molecule has 0 saturated carbocycles. The molecule has 2 atom stereocenters. The number of hydrogen-bond acceptors (Lipinski definition) is 4. The Bertz CT molecular complexity index is 300. The fraction of sp³-hybridized carbons (Fsp3) is 0.875. The van der Waals surface area contributed by atoms with Crippen molar-refractivity contribution < 1.29 is 9.59 Å². The molecule has 0 rings (SSSR count). The molecule has 6 heteroatoms. The molecule has 2 amide bonds. The molecule has 2 N–H and O–H groups in total. The SMILES string of the molecule is CCC[C@H](C(=O)NCCNC(=O)[C@H](CCC)N(C)C)N(C)C. The second kappa shape index (κ2) is 11.4. The molecule has 0 unspecified atom stereocenters. The lowest BCUT2D eigenvalue weighted by atomic mass is 10.1. The van der Waals surface area contributed by atoms with Crippen LogP contribution in [0.2, 0.25) is 0 Å². The maximum Gasteiger partial charge on any atom is 0.237 e. The van der Waals surface area contributed by atoms with Crippen LogP contribution in [0.15, 0.2) is 0 Å². The molecule has 0 spiro atoms. The summed E-state index contributed by atoms with van der Waals surface area (Å²) in [7, 11) is 7.64. The van der Waals surface area contributed by atoms with Crippen LogP contribution in [-0.4, -0.2) is 75.0 Å². The van der Waals surface area contributed by atoms with Crippen molar-refractivity contribution >= 4 is 11.8 Å². The van der Waals surface area contributed by atoms with E-state index in [1.165, 1.54) is 0 Å². The van der Waals surface area contributed by atoms with Gasteiger partial charge in [0.05, 0.1) is 12.1 Å². The quantitative estimate of drug-likeness (QED) is 0.551. The van der Waals surface area contributed by atoms with E-state index in [-0.39, 0.29) is 23.9 Å². The lowest BCUT2D eigenvalue weighted by molar-refractivity contribution is -0.127. The van der Waals surface area contributed by atoms with Gasteiger partial charge in [-0.05, 0) is 41.0 Å². The van der Waals surface area contributed by atoms with Gasteiger partial charge >= 0.3 is 0 Å². The van der Waals surface area contributed by atoms with Gasteiger partial charge in [-0.15, -0.1) is 0 Å². The molecule has 0 radical (unpaired) electrons. The predicted molar refractivity (Wildman–Crippen MR) is 90.8 cm³/mol. The van der Waals surface area contributed by atoms with E-state index in [4.69, 9.17) is 0 Å². The third-order valence-corrected chi connectivity index (χ3v) is 3.70. The van der Waals surface area contributed by atoms with Crippen LogP contribution in [0.3, 0.4) is 0 Å². The second-order valence-corrected chi connectivity index (χ2v) is 6.12. The predicted octanol–water partition coefficient (Wildman–Crippen LogP) is 0.679. The molecule has 0 aliphatic carbocycles. The van der Waals surface area contributed by atoms with Gasteiger partial charge in [-0.3, -0.25) is 19.4 Å². The molecule has 0 aliphatic heterocycles. The molecule has 0 aromatic carbocycles. The molecule has 0 bridgehead atoms. The molecule has 130 valence electrons. The average Bonchev–Trinajstić information content (AvgIpc) is 2.45. The number of carbonyl (C=O) groups is 2. The largest absolute Gasteiger partial charge is 0.353 e. The summed E-state index contributed by atoms with van der Waals surface area (Å²) >= 11 is 0. The van der Waals surface area contributed by atoms with E-state index in [0.29, 0.717) is 13.1 Å². The first-order valence-corrected chi connectivity index (χ1v) is 8.23. The fourth-order valence-corrected chi connectivity index (χ4v) is 2.40. The number of carbonyl (C=O) groups excluding carboxylic acids is 2. The van der Waals surface area contributed by atoms with Gasteiger partial charge in [0.25, 0.3) is 0 Å². The Kier molecular flexibility index (Phi) is 10.8. The number of amides is 2. The number of nitrogens with one attached hydrogen (secondary N) is 2. The Morgan fingerprint density at radius 1 is 0.773 bits per heavy atom. The van der Waals surface area contributed by atoms with E-state index in [1.54, 1.807) is 0 Å². The van der Waals surface area contributed by atoms with E-state index in [1.807, 2.05) is 38.0 Å². The monoisotopic (exact) mass is 314 g/mol. The van der Waals surface area contributed by atoms with Crippen molar-refractivity contribution in [3.05, 3.63) is 0 Å². The van der Waals surface area contributed by atoms with Crippen molar-refractivity contribution in [1.29, 1.82) is 0 Å². The van der Waals surface area contributed by atoms with Gasteiger partial charge in [-0.2, -0.15) is 0 Å². The van der Waals surface area contributed by atoms with Gasteiger partial charge in [0.1, 0.15) is 0 Å². The zero-order valence-electron chi connectivity index (χ0n) is 15.1. The Labute approximate surface area is 135 Å². The average molecular weight is 314 g/mol. The smallest absolute Gasteiger partial charge is 0.237 e. The molecule has 22 heavy (non-hydrogen) atoms. The van der Waals surface area contributed by atoms with Crippen molar-refractivity contribution in [2.24, 2.45) is 0 Å². The van der Waals surface area contributed by atoms with Crippen LogP contribution in [0.1, 0.15) is 39.5 Å². The fourth-order valence-electron chi connectivity index (χ4n) is 2.40. The van der Waals surface area contributed by atoms with Crippen LogP contribution in [0.4, 0.5) is 0 Å². The van der Waals surface area contributed by atoms with Gasteiger partial charge in [-0.25, -0.2) is 0 Å². The Morgan fingerprint density at radius 3 is 1.32 bits per heavy atom.